The van der Waals surface area contributed by atoms with E-state index in [1.807, 2.05) is 0 Å². The summed E-state index contributed by atoms with van der Waals surface area (Å²) in [7, 11) is -3.83. The van der Waals surface area contributed by atoms with Gasteiger partial charge in [-0.2, -0.15) is 0 Å². The molecule has 0 aliphatic carbocycles. The molecule has 0 aliphatic rings. The molecule has 4 N–H and O–H groups in total. The van der Waals surface area contributed by atoms with E-state index >= 15 is 0 Å². The van der Waals surface area contributed by atoms with Crippen LogP contribution in [-0.4, -0.2) is 31.9 Å². The Balaban J connectivity index is 2.88. The zero-order valence-electron chi connectivity index (χ0n) is 9.29. The highest BCUT2D eigenvalue weighted by Crippen LogP contribution is 2.11. The van der Waals surface area contributed by atoms with Crippen LogP contribution < -0.4 is 10.5 Å². The molecule has 0 atom stereocenters. The Kier molecular flexibility index (Phi) is 4.40. The number of carbonyl (C=O) groups excluding carboxylic acids is 1. The predicted octanol–water partition coefficient (Wildman–Crippen LogP) is -0.462. The van der Waals surface area contributed by atoms with Crippen molar-refractivity contribution in [2.45, 2.75) is 11.3 Å². The fraction of sp³-hybridized carbons (Fsp3) is 0.200. The van der Waals surface area contributed by atoms with Gasteiger partial charge in [-0.3, -0.25) is 4.79 Å². The number of rotatable bonds is 6. The first-order valence-corrected chi connectivity index (χ1v) is 6.42. The Hall–Kier alpha value is -1.93. The van der Waals surface area contributed by atoms with Crippen LogP contribution in [0.2, 0.25) is 0 Å². The number of sulfonamides is 1. The van der Waals surface area contributed by atoms with E-state index in [1.54, 1.807) is 0 Å². The second-order valence-electron chi connectivity index (χ2n) is 3.45. The third-order valence-corrected chi connectivity index (χ3v) is 3.51. The van der Waals surface area contributed by atoms with E-state index < -0.39 is 21.9 Å². The van der Waals surface area contributed by atoms with Gasteiger partial charge in [-0.25, -0.2) is 17.9 Å². The van der Waals surface area contributed by atoms with Crippen molar-refractivity contribution >= 4 is 21.9 Å². The summed E-state index contributed by atoms with van der Waals surface area (Å²) in [6, 6.07) is 4.91. The molecular formula is C10H12N2O5S. The van der Waals surface area contributed by atoms with Crippen molar-refractivity contribution in [2.75, 3.05) is 6.54 Å². The maximum Gasteiger partial charge on any atom is 0.335 e. The molecule has 1 amide bonds. The van der Waals surface area contributed by atoms with E-state index in [-0.39, 0.29) is 23.4 Å². The number of aromatic carboxylic acids is 1. The minimum absolute atomic E-state index is 0.127. The molecule has 8 heteroatoms. The Morgan fingerprint density at radius 3 is 2.56 bits per heavy atom. The third-order valence-electron chi connectivity index (χ3n) is 2.05. The monoisotopic (exact) mass is 272 g/mol. The van der Waals surface area contributed by atoms with Gasteiger partial charge in [0.1, 0.15) is 0 Å². The van der Waals surface area contributed by atoms with Gasteiger partial charge in [0.2, 0.25) is 15.9 Å². The summed E-state index contributed by atoms with van der Waals surface area (Å²) in [6.07, 6.45) is -0.127. The normalized spacial score (nSPS) is 11.1. The number of benzene rings is 1. The summed E-state index contributed by atoms with van der Waals surface area (Å²) in [4.78, 5) is 21.0. The second-order valence-corrected chi connectivity index (χ2v) is 5.21. The highest BCUT2D eigenvalue weighted by molar-refractivity contribution is 7.89. The molecule has 1 aromatic carbocycles. The van der Waals surface area contributed by atoms with Gasteiger partial charge in [0, 0.05) is 13.0 Å². The summed E-state index contributed by atoms with van der Waals surface area (Å²) >= 11 is 0. The van der Waals surface area contributed by atoms with Crippen LogP contribution in [-0.2, 0) is 14.8 Å². The van der Waals surface area contributed by atoms with Crippen molar-refractivity contribution in [2.24, 2.45) is 5.73 Å². The van der Waals surface area contributed by atoms with Crippen LogP contribution in [0.1, 0.15) is 16.8 Å². The largest absolute Gasteiger partial charge is 0.478 e. The number of amides is 1. The lowest BCUT2D eigenvalue weighted by Crippen LogP contribution is -2.28. The lowest BCUT2D eigenvalue weighted by Gasteiger charge is -2.06. The minimum Gasteiger partial charge on any atom is -0.478 e. The molecule has 0 aromatic heterocycles. The van der Waals surface area contributed by atoms with Gasteiger partial charge in [-0.15, -0.1) is 0 Å². The third kappa shape index (κ3) is 3.82. The molecule has 0 bridgehead atoms. The fourth-order valence-corrected chi connectivity index (χ4v) is 2.27. The molecule has 18 heavy (non-hydrogen) atoms. The van der Waals surface area contributed by atoms with Crippen molar-refractivity contribution in [1.82, 2.24) is 4.72 Å². The number of hydrogen-bond acceptors (Lipinski definition) is 4. The summed E-state index contributed by atoms with van der Waals surface area (Å²) in [6.45, 7) is -0.130. The summed E-state index contributed by atoms with van der Waals surface area (Å²) in [5.41, 5.74) is 4.74. The lowest BCUT2D eigenvalue weighted by atomic mass is 10.2. The van der Waals surface area contributed by atoms with E-state index in [2.05, 4.69) is 4.72 Å². The predicted molar refractivity (Wildman–Crippen MR) is 62.4 cm³/mol. The fourth-order valence-electron chi connectivity index (χ4n) is 1.19. The van der Waals surface area contributed by atoms with Crippen LogP contribution in [0.4, 0.5) is 0 Å². The van der Waals surface area contributed by atoms with Crippen LogP contribution in [0.5, 0.6) is 0 Å². The Bertz CT molecular complexity index is 567. The molecule has 0 heterocycles. The Morgan fingerprint density at radius 2 is 2.00 bits per heavy atom. The molecule has 0 unspecified atom stereocenters. The lowest BCUT2D eigenvalue weighted by molar-refractivity contribution is -0.117. The van der Waals surface area contributed by atoms with Gasteiger partial charge in [0.25, 0.3) is 0 Å². The topological polar surface area (TPSA) is 127 Å². The standard InChI is InChI=1S/C10H12N2O5S/c11-9(13)4-5-12-18(16,17)8-3-1-2-7(6-8)10(14)15/h1-3,6,12H,4-5H2,(H2,11,13)(H,14,15). The number of nitrogens with one attached hydrogen (secondary N) is 1. The van der Waals surface area contributed by atoms with E-state index in [4.69, 9.17) is 10.8 Å². The molecular weight excluding hydrogens is 260 g/mol. The van der Waals surface area contributed by atoms with Crippen LogP contribution in [0.25, 0.3) is 0 Å². The van der Waals surface area contributed by atoms with Gasteiger partial charge in [0.05, 0.1) is 10.5 Å². The molecule has 0 radical (unpaired) electrons. The summed E-state index contributed by atoms with van der Waals surface area (Å²) in [5, 5.41) is 8.75. The Labute approximate surface area is 104 Å². The Morgan fingerprint density at radius 1 is 1.33 bits per heavy atom. The van der Waals surface area contributed by atoms with E-state index in [1.165, 1.54) is 18.2 Å². The highest BCUT2D eigenvalue weighted by atomic mass is 32.2. The van der Waals surface area contributed by atoms with Gasteiger partial charge in [-0.05, 0) is 18.2 Å². The van der Waals surface area contributed by atoms with Gasteiger partial charge in [0.15, 0.2) is 0 Å². The first-order valence-electron chi connectivity index (χ1n) is 4.94. The van der Waals surface area contributed by atoms with Crippen LogP contribution >= 0.6 is 0 Å². The smallest absolute Gasteiger partial charge is 0.335 e. The van der Waals surface area contributed by atoms with Crippen LogP contribution in [0.3, 0.4) is 0 Å². The van der Waals surface area contributed by atoms with E-state index in [0.717, 1.165) is 6.07 Å². The van der Waals surface area contributed by atoms with E-state index in [0.29, 0.717) is 0 Å². The minimum atomic E-state index is -3.83. The maximum atomic E-state index is 11.7. The zero-order chi connectivity index (χ0) is 13.8. The van der Waals surface area contributed by atoms with Gasteiger partial charge < -0.3 is 10.8 Å². The second kappa shape index (κ2) is 5.61. The summed E-state index contributed by atoms with van der Waals surface area (Å²) in [5.74, 6) is -1.85. The highest BCUT2D eigenvalue weighted by Gasteiger charge is 2.15. The molecule has 1 rings (SSSR count). The SMILES string of the molecule is NC(=O)CCNS(=O)(=O)c1cccc(C(=O)O)c1. The van der Waals surface area contributed by atoms with Crippen molar-refractivity contribution in [1.29, 1.82) is 0 Å². The van der Waals surface area contributed by atoms with Crippen molar-refractivity contribution in [3.05, 3.63) is 29.8 Å². The number of nitrogens with two attached hydrogens (primary N) is 1. The molecule has 7 nitrogen and oxygen atoms in total. The van der Waals surface area contributed by atoms with Crippen molar-refractivity contribution < 1.29 is 23.1 Å². The molecule has 0 saturated heterocycles. The average Bonchev–Trinajstić information content (AvgIpc) is 2.28. The molecule has 1 aromatic rings. The number of carboxylic acids is 1. The maximum absolute atomic E-state index is 11.7. The first kappa shape index (κ1) is 14.1. The molecule has 0 fully saturated rings. The number of carbonyl (C=O) groups is 2. The average molecular weight is 272 g/mol. The van der Waals surface area contributed by atoms with Crippen molar-refractivity contribution in [3.8, 4) is 0 Å². The number of hydrogen-bond donors (Lipinski definition) is 3. The molecule has 0 aliphatic heterocycles. The quantitative estimate of drug-likeness (QED) is 0.645. The molecule has 0 saturated carbocycles. The molecule has 0 spiro atoms. The van der Waals surface area contributed by atoms with E-state index in [9.17, 15) is 18.0 Å². The number of carboxylic acid groups (broad SMARTS) is 1. The summed E-state index contributed by atoms with van der Waals surface area (Å²) < 4.78 is 25.6. The van der Waals surface area contributed by atoms with Crippen LogP contribution in [0, 0.1) is 0 Å². The van der Waals surface area contributed by atoms with Gasteiger partial charge in [-0.1, -0.05) is 6.07 Å². The van der Waals surface area contributed by atoms with Crippen molar-refractivity contribution in [3.63, 3.8) is 0 Å². The number of primary amides is 1. The van der Waals surface area contributed by atoms with Crippen LogP contribution in [0.15, 0.2) is 29.2 Å². The first-order chi connectivity index (χ1) is 8.33. The zero-order valence-corrected chi connectivity index (χ0v) is 10.1. The molecule has 98 valence electrons. The van der Waals surface area contributed by atoms with Gasteiger partial charge >= 0.3 is 5.97 Å².